The first-order valence-corrected chi connectivity index (χ1v) is 8.24. The molecule has 0 bridgehead atoms. The highest BCUT2D eigenvalue weighted by Gasteiger charge is 2.23. The third kappa shape index (κ3) is 3.85. The molecule has 1 aliphatic rings. The van der Waals surface area contributed by atoms with E-state index >= 15 is 0 Å². The van der Waals surface area contributed by atoms with Gasteiger partial charge >= 0.3 is 0 Å². The van der Waals surface area contributed by atoms with Crippen molar-refractivity contribution in [3.63, 3.8) is 0 Å². The van der Waals surface area contributed by atoms with Crippen LogP contribution in [-0.2, 0) is 5.41 Å². The van der Waals surface area contributed by atoms with Crippen molar-refractivity contribution >= 4 is 0 Å². The molecule has 1 N–H and O–H groups in total. The largest absolute Gasteiger partial charge is 0.307 e. The van der Waals surface area contributed by atoms with Gasteiger partial charge in [0.1, 0.15) is 0 Å². The Morgan fingerprint density at radius 3 is 2.05 bits per heavy atom. The van der Waals surface area contributed by atoms with Crippen LogP contribution in [0.2, 0.25) is 0 Å². The van der Waals surface area contributed by atoms with E-state index in [1.54, 1.807) is 0 Å². The van der Waals surface area contributed by atoms with Gasteiger partial charge in [-0.1, -0.05) is 57.9 Å². The molecule has 0 spiro atoms. The van der Waals surface area contributed by atoms with Crippen molar-refractivity contribution in [1.82, 2.24) is 5.32 Å². The minimum absolute atomic E-state index is 0.242. The summed E-state index contributed by atoms with van der Waals surface area (Å²) in [5, 5.41) is 3.80. The lowest BCUT2D eigenvalue weighted by atomic mass is 9.86. The van der Waals surface area contributed by atoms with E-state index in [0.717, 1.165) is 5.92 Å². The van der Waals surface area contributed by atoms with Gasteiger partial charge in [-0.15, -0.1) is 0 Å². The normalized spacial score (nSPS) is 20.1. The highest BCUT2D eigenvalue weighted by Crippen LogP contribution is 2.29. The Morgan fingerprint density at radius 1 is 1.00 bits per heavy atom. The Bertz CT molecular complexity index is 406. The fraction of sp³-hybridized carbons (Fsp3) is 0.684. The molecule has 0 amide bonds. The van der Waals surface area contributed by atoms with Gasteiger partial charge in [-0.05, 0) is 49.1 Å². The summed E-state index contributed by atoms with van der Waals surface area (Å²) in [6, 6.07) is 10.2. The van der Waals surface area contributed by atoms with Crippen LogP contribution >= 0.6 is 0 Å². The van der Waals surface area contributed by atoms with Gasteiger partial charge in [0, 0.05) is 12.1 Å². The maximum Gasteiger partial charge on any atom is 0.0294 e. The molecule has 1 aliphatic carbocycles. The van der Waals surface area contributed by atoms with Crippen LogP contribution < -0.4 is 5.32 Å². The van der Waals surface area contributed by atoms with E-state index in [9.17, 15) is 0 Å². The van der Waals surface area contributed by atoms with E-state index in [4.69, 9.17) is 0 Å². The smallest absolute Gasteiger partial charge is 0.0294 e. The van der Waals surface area contributed by atoms with Crippen LogP contribution in [0.1, 0.15) is 77.5 Å². The van der Waals surface area contributed by atoms with E-state index in [1.165, 1.54) is 36.8 Å². The summed E-state index contributed by atoms with van der Waals surface area (Å²) in [7, 11) is 0. The number of nitrogens with one attached hydrogen (secondary N) is 1. The van der Waals surface area contributed by atoms with Crippen LogP contribution in [0.4, 0.5) is 0 Å². The topological polar surface area (TPSA) is 12.0 Å². The Morgan fingerprint density at radius 2 is 1.55 bits per heavy atom. The zero-order chi connectivity index (χ0) is 14.8. The molecule has 1 aromatic carbocycles. The summed E-state index contributed by atoms with van der Waals surface area (Å²) in [6.45, 7) is 11.5. The molecule has 112 valence electrons. The van der Waals surface area contributed by atoms with Crippen molar-refractivity contribution in [1.29, 1.82) is 0 Å². The Hall–Kier alpha value is -0.820. The van der Waals surface area contributed by atoms with Gasteiger partial charge in [0.2, 0.25) is 0 Å². The first-order valence-electron chi connectivity index (χ1n) is 8.24. The minimum Gasteiger partial charge on any atom is -0.307 e. The van der Waals surface area contributed by atoms with Gasteiger partial charge < -0.3 is 5.32 Å². The van der Waals surface area contributed by atoms with Crippen molar-refractivity contribution in [3.05, 3.63) is 35.4 Å². The van der Waals surface area contributed by atoms with Gasteiger partial charge in [-0.3, -0.25) is 0 Å². The highest BCUT2D eigenvalue weighted by atomic mass is 14.9. The quantitative estimate of drug-likeness (QED) is 0.793. The summed E-state index contributed by atoms with van der Waals surface area (Å²) >= 11 is 0. The molecule has 1 unspecified atom stereocenters. The third-order valence-electron chi connectivity index (χ3n) is 4.90. The summed E-state index contributed by atoms with van der Waals surface area (Å²) in [4.78, 5) is 0. The van der Waals surface area contributed by atoms with Gasteiger partial charge in [0.15, 0.2) is 0 Å². The molecular formula is C19H31N. The number of hydrogen-bond acceptors (Lipinski definition) is 1. The maximum atomic E-state index is 3.80. The van der Waals surface area contributed by atoms with Gasteiger partial charge in [0.05, 0.1) is 0 Å². The average molecular weight is 273 g/mol. The van der Waals surface area contributed by atoms with Gasteiger partial charge in [0.25, 0.3) is 0 Å². The van der Waals surface area contributed by atoms with Crippen molar-refractivity contribution in [2.45, 2.75) is 77.8 Å². The highest BCUT2D eigenvalue weighted by molar-refractivity contribution is 5.29. The Balaban J connectivity index is 1.96. The molecule has 0 saturated heterocycles. The zero-order valence-corrected chi connectivity index (χ0v) is 13.9. The summed E-state index contributed by atoms with van der Waals surface area (Å²) in [5.74, 6) is 0.881. The van der Waals surface area contributed by atoms with Crippen LogP contribution in [0.5, 0.6) is 0 Å². The second kappa shape index (κ2) is 6.30. The minimum atomic E-state index is 0.242. The van der Waals surface area contributed by atoms with Crippen LogP contribution in [-0.4, -0.2) is 6.04 Å². The fourth-order valence-corrected chi connectivity index (χ4v) is 3.36. The lowest BCUT2D eigenvalue weighted by molar-refractivity contribution is 0.352. The van der Waals surface area contributed by atoms with E-state index in [0.29, 0.717) is 12.1 Å². The summed E-state index contributed by atoms with van der Waals surface area (Å²) in [6.07, 6.45) is 5.66. The van der Waals surface area contributed by atoms with Gasteiger partial charge in [-0.25, -0.2) is 0 Å². The van der Waals surface area contributed by atoms with Gasteiger partial charge in [-0.2, -0.15) is 0 Å². The molecule has 2 rings (SSSR count). The lowest BCUT2D eigenvalue weighted by Gasteiger charge is -2.26. The molecular weight excluding hydrogens is 242 g/mol. The number of hydrogen-bond donors (Lipinski definition) is 1. The first kappa shape index (κ1) is 15.6. The predicted octanol–water partition coefficient (Wildman–Crippen LogP) is 5.21. The van der Waals surface area contributed by atoms with Crippen molar-refractivity contribution in [3.8, 4) is 0 Å². The Labute approximate surface area is 125 Å². The molecule has 1 saturated carbocycles. The number of benzene rings is 1. The Kier molecular flexibility index (Phi) is 4.90. The molecule has 0 radical (unpaired) electrons. The van der Waals surface area contributed by atoms with E-state index in [1.807, 2.05) is 0 Å². The zero-order valence-electron chi connectivity index (χ0n) is 13.9. The summed E-state index contributed by atoms with van der Waals surface area (Å²) < 4.78 is 0. The fourth-order valence-electron chi connectivity index (χ4n) is 3.36. The van der Waals surface area contributed by atoms with Crippen molar-refractivity contribution in [2.24, 2.45) is 5.92 Å². The molecule has 1 fully saturated rings. The van der Waals surface area contributed by atoms with Crippen molar-refractivity contribution < 1.29 is 0 Å². The SMILES string of the molecule is CC(N[C@H](C)C1CCCC1)c1ccc(C(C)(C)C)cc1. The molecule has 1 heteroatoms. The van der Waals surface area contributed by atoms with Crippen molar-refractivity contribution in [2.75, 3.05) is 0 Å². The molecule has 2 atom stereocenters. The third-order valence-corrected chi connectivity index (χ3v) is 4.90. The number of rotatable bonds is 4. The molecule has 1 aromatic rings. The lowest BCUT2D eigenvalue weighted by Crippen LogP contribution is -2.34. The molecule has 20 heavy (non-hydrogen) atoms. The maximum absolute atomic E-state index is 3.80. The molecule has 0 aromatic heterocycles. The summed E-state index contributed by atoms with van der Waals surface area (Å²) in [5.41, 5.74) is 3.06. The second-order valence-corrected chi connectivity index (χ2v) is 7.59. The van der Waals surface area contributed by atoms with Crippen LogP contribution in [0, 0.1) is 5.92 Å². The van der Waals surface area contributed by atoms with Crippen LogP contribution in [0.15, 0.2) is 24.3 Å². The van der Waals surface area contributed by atoms with E-state index < -0.39 is 0 Å². The standard InChI is InChI=1S/C19H31N/c1-14(16-8-6-7-9-16)20-15(2)17-10-12-18(13-11-17)19(3,4)5/h10-16,20H,6-9H2,1-5H3/t14-,15?/m1/s1. The van der Waals surface area contributed by atoms with E-state index in [-0.39, 0.29) is 5.41 Å². The monoisotopic (exact) mass is 273 g/mol. The molecule has 1 nitrogen and oxygen atoms in total. The predicted molar refractivity (Wildman–Crippen MR) is 88.1 cm³/mol. The first-order chi connectivity index (χ1) is 9.38. The van der Waals surface area contributed by atoms with E-state index in [2.05, 4.69) is 64.2 Å². The second-order valence-electron chi connectivity index (χ2n) is 7.59. The van der Waals surface area contributed by atoms with Crippen LogP contribution in [0.25, 0.3) is 0 Å². The molecule has 0 aliphatic heterocycles. The van der Waals surface area contributed by atoms with Crippen LogP contribution in [0.3, 0.4) is 0 Å². The molecule has 0 heterocycles. The average Bonchev–Trinajstić information content (AvgIpc) is 2.91.